The van der Waals surface area contributed by atoms with Crippen molar-refractivity contribution in [2.45, 2.75) is 6.92 Å². The van der Waals surface area contributed by atoms with Gasteiger partial charge in [-0.05, 0) is 40.9 Å². The number of thioether (sulfide) groups is 1. The van der Waals surface area contributed by atoms with Crippen LogP contribution < -0.4 is 5.32 Å². The van der Waals surface area contributed by atoms with E-state index in [1.807, 2.05) is 11.8 Å². The summed E-state index contributed by atoms with van der Waals surface area (Å²) < 4.78 is 1.34. The van der Waals surface area contributed by atoms with Crippen LogP contribution in [-0.2, 0) is 0 Å². The summed E-state index contributed by atoms with van der Waals surface area (Å²) in [7, 11) is 0. The Morgan fingerprint density at radius 3 is 3.12 bits per heavy atom. The van der Waals surface area contributed by atoms with Crippen molar-refractivity contribution in [3.63, 3.8) is 0 Å². The maximum absolute atomic E-state index is 4.54. The normalized spacial score (nSPS) is 20.3. The van der Waals surface area contributed by atoms with Crippen molar-refractivity contribution in [3.8, 4) is 0 Å². The van der Waals surface area contributed by atoms with E-state index in [9.17, 15) is 0 Å². The molecule has 1 aromatic carbocycles. The molecule has 0 fully saturated rings. The lowest BCUT2D eigenvalue weighted by Crippen LogP contribution is -2.18. The minimum atomic E-state index is 0.699. The molecule has 88 valence electrons. The van der Waals surface area contributed by atoms with Crippen LogP contribution in [0.2, 0.25) is 0 Å². The molecule has 0 saturated heterocycles. The van der Waals surface area contributed by atoms with Crippen LogP contribution >= 0.6 is 23.1 Å². The van der Waals surface area contributed by atoms with Crippen molar-refractivity contribution < 1.29 is 0 Å². The molecule has 1 aliphatic heterocycles. The summed E-state index contributed by atoms with van der Waals surface area (Å²) >= 11 is 3.59. The first-order valence-electron chi connectivity index (χ1n) is 5.73. The molecule has 0 amide bonds. The molecule has 1 unspecified atom stereocenters. The standard InChI is InChI=1S/C13H14N2S2/c1-9-7-14-13(17-8-9)15-11-2-3-12-10(6-11)4-5-16-12/h2-6,9H,7-8H2,1H3,(H,14,15). The van der Waals surface area contributed by atoms with Crippen LogP contribution in [-0.4, -0.2) is 17.5 Å². The Morgan fingerprint density at radius 1 is 1.35 bits per heavy atom. The molecule has 0 spiro atoms. The molecule has 2 aromatic rings. The smallest absolute Gasteiger partial charge is 0.161 e. The third kappa shape index (κ3) is 2.48. The van der Waals surface area contributed by atoms with Gasteiger partial charge in [0, 0.05) is 22.7 Å². The van der Waals surface area contributed by atoms with E-state index in [-0.39, 0.29) is 0 Å². The lowest BCUT2D eigenvalue weighted by atomic mass is 10.2. The highest BCUT2D eigenvalue weighted by Crippen LogP contribution is 2.25. The average molecular weight is 262 g/mol. The first kappa shape index (κ1) is 11.1. The topological polar surface area (TPSA) is 24.4 Å². The molecule has 0 saturated carbocycles. The van der Waals surface area contributed by atoms with Crippen molar-refractivity contribution >= 4 is 44.0 Å². The monoisotopic (exact) mass is 262 g/mol. The largest absolute Gasteiger partial charge is 0.335 e. The lowest BCUT2D eigenvalue weighted by Gasteiger charge is -2.17. The van der Waals surface area contributed by atoms with Crippen molar-refractivity contribution in [2.24, 2.45) is 10.9 Å². The zero-order chi connectivity index (χ0) is 11.7. The fourth-order valence-corrected chi connectivity index (χ4v) is 3.48. The van der Waals surface area contributed by atoms with Crippen molar-refractivity contribution in [1.29, 1.82) is 0 Å². The van der Waals surface area contributed by atoms with E-state index in [1.165, 1.54) is 10.1 Å². The summed E-state index contributed by atoms with van der Waals surface area (Å²) in [5, 5.41) is 7.88. The van der Waals surface area contributed by atoms with Gasteiger partial charge in [0.2, 0.25) is 0 Å². The number of rotatable bonds is 1. The molecule has 17 heavy (non-hydrogen) atoms. The molecule has 0 radical (unpaired) electrons. The van der Waals surface area contributed by atoms with Crippen LogP contribution in [0.1, 0.15) is 6.92 Å². The molecule has 0 aliphatic carbocycles. The number of anilines is 1. The zero-order valence-electron chi connectivity index (χ0n) is 9.64. The van der Waals surface area contributed by atoms with E-state index in [1.54, 1.807) is 11.3 Å². The van der Waals surface area contributed by atoms with E-state index in [0.717, 1.165) is 23.2 Å². The fraction of sp³-hybridized carbons (Fsp3) is 0.308. The molecule has 0 bridgehead atoms. The zero-order valence-corrected chi connectivity index (χ0v) is 11.3. The van der Waals surface area contributed by atoms with Crippen LogP contribution in [0.5, 0.6) is 0 Å². The lowest BCUT2D eigenvalue weighted by molar-refractivity contribution is 0.674. The van der Waals surface area contributed by atoms with Crippen molar-refractivity contribution in [3.05, 3.63) is 29.6 Å². The average Bonchev–Trinajstić information content (AvgIpc) is 2.79. The van der Waals surface area contributed by atoms with Gasteiger partial charge in [-0.2, -0.15) is 0 Å². The minimum Gasteiger partial charge on any atom is -0.335 e. The van der Waals surface area contributed by atoms with Gasteiger partial charge in [0.25, 0.3) is 0 Å². The Labute approximate surface area is 109 Å². The molecule has 3 rings (SSSR count). The van der Waals surface area contributed by atoms with E-state index < -0.39 is 0 Å². The number of benzene rings is 1. The quantitative estimate of drug-likeness (QED) is 0.838. The van der Waals surface area contributed by atoms with Gasteiger partial charge in [0.05, 0.1) is 0 Å². The second-order valence-electron chi connectivity index (χ2n) is 4.36. The Bertz CT molecular complexity index is 559. The Hall–Kier alpha value is -1.00. The number of thiophene rings is 1. The Balaban J connectivity index is 1.80. The Morgan fingerprint density at radius 2 is 2.29 bits per heavy atom. The Kier molecular flexibility index (Phi) is 3.07. The molecule has 1 aliphatic rings. The second kappa shape index (κ2) is 4.70. The van der Waals surface area contributed by atoms with Crippen LogP contribution in [0.25, 0.3) is 10.1 Å². The molecule has 2 nitrogen and oxygen atoms in total. The summed E-state index contributed by atoms with van der Waals surface area (Å²) in [5.74, 6) is 1.86. The summed E-state index contributed by atoms with van der Waals surface area (Å²) in [6, 6.07) is 8.63. The number of hydrogen-bond acceptors (Lipinski definition) is 4. The van der Waals surface area contributed by atoms with Crippen molar-refractivity contribution in [2.75, 3.05) is 17.6 Å². The first-order valence-corrected chi connectivity index (χ1v) is 7.59. The van der Waals surface area contributed by atoms with Gasteiger partial charge in [0.15, 0.2) is 5.17 Å². The van der Waals surface area contributed by atoms with Gasteiger partial charge in [-0.15, -0.1) is 11.3 Å². The van der Waals surface area contributed by atoms with E-state index in [2.05, 4.69) is 46.9 Å². The SMILES string of the molecule is CC1CN=C(Nc2ccc3sccc3c2)SC1. The summed E-state index contributed by atoms with van der Waals surface area (Å²) in [4.78, 5) is 4.54. The summed E-state index contributed by atoms with van der Waals surface area (Å²) in [5.41, 5.74) is 1.14. The highest BCUT2D eigenvalue weighted by Gasteiger charge is 2.12. The second-order valence-corrected chi connectivity index (χ2v) is 6.32. The van der Waals surface area contributed by atoms with Crippen LogP contribution in [0.15, 0.2) is 34.6 Å². The number of nitrogens with one attached hydrogen (secondary N) is 1. The third-order valence-electron chi connectivity index (χ3n) is 2.75. The van der Waals surface area contributed by atoms with Gasteiger partial charge in [-0.25, -0.2) is 0 Å². The van der Waals surface area contributed by atoms with Gasteiger partial charge < -0.3 is 5.32 Å². The molecular formula is C13H14N2S2. The minimum absolute atomic E-state index is 0.699. The summed E-state index contributed by atoms with van der Waals surface area (Å²) in [6.07, 6.45) is 0. The number of fused-ring (bicyclic) bond motifs is 1. The molecule has 2 heterocycles. The van der Waals surface area contributed by atoms with Gasteiger partial charge in [-0.1, -0.05) is 18.7 Å². The number of nitrogens with zero attached hydrogens (tertiary/aromatic N) is 1. The number of amidine groups is 1. The predicted molar refractivity (Wildman–Crippen MR) is 79.4 cm³/mol. The van der Waals surface area contributed by atoms with Gasteiger partial charge in [-0.3, -0.25) is 4.99 Å². The molecule has 1 aromatic heterocycles. The summed E-state index contributed by atoms with van der Waals surface area (Å²) in [6.45, 7) is 3.18. The van der Waals surface area contributed by atoms with E-state index in [0.29, 0.717) is 5.92 Å². The van der Waals surface area contributed by atoms with Crippen molar-refractivity contribution in [1.82, 2.24) is 0 Å². The van der Waals surface area contributed by atoms with Gasteiger partial charge in [0.1, 0.15) is 0 Å². The van der Waals surface area contributed by atoms with Crippen LogP contribution in [0.4, 0.5) is 5.69 Å². The molecular weight excluding hydrogens is 248 g/mol. The van der Waals surface area contributed by atoms with E-state index in [4.69, 9.17) is 0 Å². The highest BCUT2D eigenvalue weighted by atomic mass is 32.2. The van der Waals surface area contributed by atoms with E-state index >= 15 is 0 Å². The maximum atomic E-state index is 4.54. The first-order chi connectivity index (χ1) is 8.31. The fourth-order valence-electron chi connectivity index (χ4n) is 1.80. The predicted octanol–water partition coefficient (Wildman–Crippen LogP) is 4.05. The van der Waals surface area contributed by atoms with Crippen LogP contribution in [0, 0.1) is 5.92 Å². The third-order valence-corrected chi connectivity index (χ3v) is 4.89. The molecule has 4 heteroatoms. The van der Waals surface area contributed by atoms with Gasteiger partial charge >= 0.3 is 0 Å². The number of aliphatic imine (C=N–C) groups is 1. The number of hydrogen-bond donors (Lipinski definition) is 1. The maximum Gasteiger partial charge on any atom is 0.161 e. The molecule has 1 N–H and O–H groups in total. The molecule has 1 atom stereocenters. The highest BCUT2D eigenvalue weighted by molar-refractivity contribution is 8.14. The van der Waals surface area contributed by atoms with Crippen LogP contribution in [0.3, 0.4) is 0 Å².